The Balaban J connectivity index is 1.58. The van der Waals surface area contributed by atoms with Crippen molar-refractivity contribution in [3.8, 4) is 0 Å². The molecule has 42 heavy (non-hydrogen) atoms. The van der Waals surface area contributed by atoms with Crippen molar-refractivity contribution in [2.75, 3.05) is 7.11 Å². The summed E-state index contributed by atoms with van der Waals surface area (Å²) in [5.74, 6) is 0. The first kappa shape index (κ1) is 34.2. The van der Waals surface area contributed by atoms with Crippen LogP contribution in [0.2, 0.25) is 0 Å². The molecule has 0 unspecified atom stereocenters. The van der Waals surface area contributed by atoms with Crippen molar-refractivity contribution >= 4 is 0 Å². The monoisotopic (exact) mass is 616 g/mol. The summed E-state index contributed by atoms with van der Waals surface area (Å²) >= 11 is 0. The Hall–Kier alpha value is -0.680. The highest BCUT2D eigenvalue weighted by molar-refractivity contribution is 4.96. The third kappa shape index (κ3) is 6.63. The minimum atomic E-state index is -1.77. The SMILES string of the molecule is CO[C@H]1O[C@@H](C)[C@H](O)[C@H](O)[C@H]1O[C@H]1O[C@@H](C)[C@H](O)[C@H](O)[C@H]1O[C@H]1O[C@@H](C)[C@H](O)[C@H](O)[C@H]1O[C@H]1O[C@@H](C)[C@H](O)[C@H](O)[C@H]1O. The van der Waals surface area contributed by atoms with Crippen LogP contribution in [0.3, 0.4) is 0 Å². The van der Waals surface area contributed by atoms with Crippen LogP contribution >= 0.6 is 0 Å². The number of methoxy groups -OCH3 is 1. The fraction of sp³-hybridized carbons (Fsp3) is 1.00. The van der Waals surface area contributed by atoms with E-state index in [-0.39, 0.29) is 0 Å². The lowest BCUT2D eigenvalue weighted by Gasteiger charge is -2.49. The van der Waals surface area contributed by atoms with Gasteiger partial charge in [0, 0.05) is 7.11 Å². The van der Waals surface area contributed by atoms with Gasteiger partial charge in [-0.1, -0.05) is 0 Å². The molecule has 4 aliphatic rings. The highest BCUT2D eigenvalue weighted by Gasteiger charge is 2.54. The lowest BCUT2D eigenvalue weighted by Crippen LogP contribution is -2.66. The van der Waals surface area contributed by atoms with Crippen LogP contribution < -0.4 is 0 Å². The largest absolute Gasteiger partial charge is 0.388 e. The van der Waals surface area contributed by atoms with E-state index < -0.39 is 123 Å². The van der Waals surface area contributed by atoms with Crippen molar-refractivity contribution in [2.45, 2.75) is 151 Å². The normalized spacial score (nSPS) is 55.9. The smallest absolute Gasteiger partial charge is 0.187 e. The zero-order chi connectivity index (χ0) is 31.2. The molecule has 0 amide bonds. The van der Waals surface area contributed by atoms with E-state index in [0.717, 1.165) is 0 Å². The second-order valence-corrected chi connectivity index (χ2v) is 11.3. The van der Waals surface area contributed by atoms with Crippen LogP contribution in [0, 0.1) is 0 Å². The Bertz CT molecular complexity index is 867. The average molecular weight is 617 g/mol. The van der Waals surface area contributed by atoms with Crippen LogP contribution in [-0.2, 0) is 37.9 Å². The van der Waals surface area contributed by atoms with Gasteiger partial charge in [0.1, 0.15) is 73.2 Å². The standard InChI is InChI=1S/C25H44O17/c1-6-10(26)14(30)18(34)22(36-6)40-20-16(32)12(28)8(3)38-24(20)42-21-17(33)13(29)9(4)39-25(21)41-19-15(31)11(27)7(2)37-23(19)35-5/h6-34H,1-5H3/t6-,7-,8-,9-,10-,11-,12-,13-,14-,15-,16-,17-,18+,19+,20+,21+,22+,23-,24+,25+/m0/s1. The van der Waals surface area contributed by atoms with Gasteiger partial charge >= 0.3 is 0 Å². The van der Waals surface area contributed by atoms with E-state index in [4.69, 9.17) is 37.9 Å². The molecule has 4 aliphatic heterocycles. The Labute approximate surface area is 242 Å². The number of hydrogen-bond acceptors (Lipinski definition) is 17. The average Bonchev–Trinajstić information content (AvgIpc) is 2.95. The summed E-state index contributed by atoms with van der Waals surface area (Å²) in [5.41, 5.74) is 0. The van der Waals surface area contributed by atoms with Gasteiger partial charge in [-0.2, -0.15) is 0 Å². The number of aliphatic hydroxyl groups is 9. The Kier molecular flexibility index (Phi) is 11.2. The van der Waals surface area contributed by atoms with Gasteiger partial charge in [0.15, 0.2) is 25.2 Å². The highest BCUT2D eigenvalue weighted by atomic mass is 16.8. The predicted molar refractivity (Wildman–Crippen MR) is 133 cm³/mol. The zero-order valence-electron chi connectivity index (χ0n) is 23.8. The molecule has 4 saturated heterocycles. The molecule has 17 nitrogen and oxygen atoms in total. The van der Waals surface area contributed by atoms with Gasteiger partial charge in [-0.05, 0) is 27.7 Å². The lowest BCUT2D eigenvalue weighted by atomic mass is 9.96. The van der Waals surface area contributed by atoms with Crippen LogP contribution in [0.4, 0.5) is 0 Å². The molecule has 0 saturated carbocycles. The fourth-order valence-corrected chi connectivity index (χ4v) is 5.44. The molecule has 20 atom stereocenters. The molecule has 9 N–H and O–H groups in total. The topological polar surface area (TPSA) is 256 Å². The molecule has 0 spiro atoms. The Morgan fingerprint density at radius 3 is 1.02 bits per heavy atom. The summed E-state index contributed by atoms with van der Waals surface area (Å²) in [7, 11) is 1.29. The maximum atomic E-state index is 11.0. The predicted octanol–water partition coefficient (Wildman–Crippen LogP) is -4.98. The summed E-state index contributed by atoms with van der Waals surface area (Å²) in [4.78, 5) is 0. The van der Waals surface area contributed by atoms with Crippen LogP contribution in [0.1, 0.15) is 27.7 Å². The van der Waals surface area contributed by atoms with Gasteiger partial charge < -0.3 is 83.9 Å². The van der Waals surface area contributed by atoms with Gasteiger partial charge in [-0.15, -0.1) is 0 Å². The van der Waals surface area contributed by atoms with Crippen molar-refractivity contribution in [1.82, 2.24) is 0 Å². The molecule has 4 rings (SSSR count). The Morgan fingerprint density at radius 2 is 0.643 bits per heavy atom. The molecule has 0 aromatic carbocycles. The van der Waals surface area contributed by atoms with Crippen molar-refractivity contribution in [3.63, 3.8) is 0 Å². The van der Waals surface area contributed by atoms with Gasteiger partial charge in [0.05, 0.1) is 24.4 Å². The van der Waals surface area contributed by atoms with E-state index in [1.807, 2.05) is 0 Å². The van der Waals surface area contributed by atoms with E-state index in [0.29, 0.717) is 0 Å². The zero-order valence-corrected chi connectivity index (χ0v) is 23.8. The summed E-state index contributed by atoms with van der Waals surface area (Å²) in [5, 5.41) is 94.7. The summed E-state index contributed by atoms with van der Waals surface area (Å²) in [6.45, 7) is 5.82. The Morgan fingerprint density at radius 1 is 0.357 bits per heavy atom. The first-order chi connectivity index (χ1) is 19.7. The van der Waals surface area contributed by atoms with Crippen LogP contribution in [0.25, 0.3) is 0 Å². The molecular formula is C25H44O17. The van der Waals surface area contributed by atoms with Crippen LogP contribution in [0.15, 0.2) is 0 Å². The van der Waals surface area contributed by atoms with E-state index in [2.05, 4.69) is 0 Å². The molecule has 0 aromatic heterocycles. The number of aliphatic hydroxyl groups excluding tert-OH is 9. The molecule has 17 heteroatoms. The quantitative estimate of drug-likeness (QED) is 0.130. The number of hydrogen-bond donors (Lipinski definition) is 9. The molecule has 246 valence electrons. The third-order valence-corrected chi connectivity index (χ3v) is 8.27. The van der Waals surface area contributed by atoms with E-state index in [9.17, 15) is 46.0 Å². The van der Waals surface area contributed by atoms with Gasteiger partial charge in [-0.25, -0.2) is 0 Å². The first-order valence-electron chi connectivity index (χ1n) is 13.9. The fourth-order valence-electron chi connectivity index (χ4n) is 5.44. The van der Waals surface area contributed by atoms with Crippen LogP contribution in [0.5, 0.6) is 0 Å². The van der Waals surface area contributed by atoms with Gasteiger partial charge in [0.2, 0.25) is 0 Å². The maximum Gasteiger partial charge on any atom is 0.187 e. The lowest BCUT2D eigenvalue weighted by molar-refractivity contribution is -0.401. The minimum absolute atomic E-state index is 0.807. The molecule has 0 aromatic rings. The van der Waals surface area contributed by atoms with Crippen LogP contribution in [-0.4, -0.2) is 176 Å². The second kappa shape index (κ2) is 13.8. The maximum absolute atomic E-state index is 11.0. The van der Waals surface area contributed by atoms with E-state index in [1.54, 1.807) is 0 Å². The highest BCUT2D eigenvalue weighted by Crippen LogP contribution is 2.35. The summed E-state index contributed by atoms with van der Waals surface area (Å²) in [6.07, 6.45) is -28.5. The molecule has 0 bridgehead atoms. The minimum Gasteiger partial charge on any atom is -0.388 e. The second-order valence-electron chi connectivity index (χ2n) is 11.3. The number of ether oxygens (including phenoxy) is 8. The molecule has 4 fully saturated rings. The molecule has 4 heterocycles. The molecule has 0 radical (unpaired) electrons. The summed E-state index contributed by atoms with van der Waals surface area (Å²) in [6, 6.07) is 0. The first-order valence-corrected chi connectivity index (χ1v) is 13.9. The van der Waals surface area contributed by atoms with Crippen molar-refractivity contribution in [1.29, 1.82) is 0 Å². The van der Waals surface area contributed by atoms with E-state index in [1.165, 1.54) is 34.8 Å². The van der Waals surface area contributed by atoms with Gasteiger partial charge in [-0.3, -0.25) is 0 Å². The number of rotatable bonds is 7. The van der Waals surface area contributed by atoms with Crippen molar-refractivity contribution in [2.24, 2.45) is 0 Å². The van der Waals surface area contributed by atoms with E-state index >= 15 is 0 Å². The molecule has 0 aliphatic carbocycles. The summed E-state index contributed by atoms with van der Waals surface area (Å²) < 4.78 is 45.4. The molecular weight excluding hydrogens is 572 g/mol. The van der Waals surface area contributed by atoms with Gasteiger partial charge in [0.25, 0.3) is 0 Å². The van der Waals surface area contributed by atoms with Crippen molar-refractivity contribution in [3.05, 3.63) is 0 Å². The third-order valence-electron chi connectivity index (χ3n) is 8.27. The van der Waals surface area contributed by atoms with Crippen molar-refractivity contribution < 1.29 is 83.9 Å².